The standard InChI is InChI=1S/C19H31NO/c1-4-19(2,3)16-7-11-18(12-8-16)20-17-9-5-15(6-10-17)13-14-21/h5-6,9-10,16,18,20-21H,4,7-8,11-14H2,1-3H3. The molecule has 0 amide bonds. The van der Waals surface area contributed by atoms with Crippen molar-refractivity contribution < 1.29 is 5.11 Å². The predicted molar refractivity (Wildman–Crippen MR) is 90.7 cm³/mol. The molecule has 1 aromatic rings. The average molecular weight is 289 g/mol. The van der Waals surface area contributed by atoms with Crippen LogP contribution in [0.25, 0.3) is 0 Å². The molecule has 1 saturated carbocycles. The Hall–Kier alpha value is -1.02. The largest absolute Gasteiger partial charge is 0.396 e. The topological polar surface area (TPSA) is 32.3 Å². The molecule has 1 aliphatic rings. The SMILES string of the molecule is CCC(C)(C)C1CCC(Nc2ccc(CCO)cc2)CC1. The lowest BCUT2D eigenvalue weighted by atomic mass is 9.69. The zero-order valence-corrected chi connectivity index (χ0v) is 13.9. The highest BCUT2D eigenvalue weighted by molar-refractivity contribution is 5.45. The second-order valence-corrected chi connectivity index (χ2v) is 7.21. The number of benzene rings is 1. The maximum absolute atomic E-state index is 8.95. The molecule has 2 heteroatoms. The van der Waals surface area contributed by atoms with E-state index in [-0.39, 0.29) is 6.61 Å². The predicted octanol–water partition coefficient (Wildman–Crippen LogP) is 4.63. The number of rotatable bonds is 6. The lowest BCUT2D eigenvalue weighted by molar-refractivity contribution is 0.147. The van der Waals surface area contributed by atoms with Crippen LogP contribution in [0.4, 0.5) is 5.69 Å². The summed E-state index contributed by atoms with van der Waals surface area (Å²) in [6.45, 7) is 7.39. The van der Waals surface area contributed by atoms with E-state index in [1.165, 1.54) is 43.4 Å². The van der Waals surface area contributed by atoms with Crippen molar-refractivity contribution in [3.05, 3.63) is 29.8 Å². The van der Waals surface area contributed by atoms with Gasteiger partial charge in [-0.1, -0.05) is 39.3 Å². The number of hydrogen-bond donors (Lipinski definition) is 2. The summed E-state index contributed by atoms with van der Waals surface area (Å²) in [7, 11) is 0. The van der Waals surface area contributed by atoms with Gasteiger partial charge in [-0.25, -0.2) is 0 Å². The van der Waals surface area contributed by atoms with Gasteiger partial charge in [0.1, 0.15) is 0 Å². The summed E-state index contributed by atoms with van der Waals surface area (Å²) in [5.74, 6) is 0.882. The Kier molecular flexibility index (Phi) is 5.69. The van der Waals surface area contributed by atoms with E-state index in [4.69, 9.17) is 5.11 Å². The molecule has 1 aliphatic carbocycles. The number of aliphatic hydroxyl groups is 1. The van der Waals surface area contributed by atoms with E-state index < -0.39 is 0 Å². The van der Waals surface area contributed by atoms with Crippen LogP contribution < -0.4 is 5.32 Å². The molecular weight excluding hydrogens is 258 g/mol. The van der Waals surface area contributed by atoms with Crippen molar-refractivity contribution in [1.82, 2.24) is 0 Å². The van der Waals surface area contributed by atoms with Gasteiger partial charge in [-0.3, -0.25) is 0 Å². The van der Waals surface area contributed by atoms with Crippen molar-refractivity contribution >= 4 is 5.69 Å². The van der Waals surface area contributed by atoms with Gasteiger partial charge in [0.05, 0.1) is 0 Å². The van der Waals surface area contributed by atoms with Gasteiger partial charge in [0, 0.05) is 18.3 Å². The van der Waals surface area contributed by atoms with Gasteiger partial charge in [-0.05, 0) is 61.1 Å². The summed E-state index contributed by atoms with van der Waals surface area (Å²) in [6, 6.07) is 9.15. The fourth-order valence-electron chi connectivity index (χ4n) is 3.44. The summed E-state index contributed by atoms with van der Waals surface area (Å²) < 4.78 is 0. The van der Waals surface area contributed by atoms with Crippen LogP contribution in [0.15, 0.2) is 24.3 Å². The minimum absolute atomic E-state index is 0.226. The average Bonchev–Trinajstić information content (AvgIpc) is 2.50. The monoisotopic (exact) mass is 289 g/mol. The first kappa shape index (κ1) is 16.4. The molecule has 0 bridgehead atoms. The number of nitrogens with one attached hydrogen (secondary N) is 1. The zero-order chi connectivity index (χ0) is 15.3. The molecule has 0 heterocycles. The van der Waals surface area contributed by atoms with E-state index in [2.05, 4.69) is 50.4 Å². The molecule has 1 aromatic carbocycles. The molecule has 0 aromatic heterocycles. The second kappa shape index (κ2) is 7.31. The van der Waals surface area contributed by atoms with E-state index in [1.54, 1.807) is 0 Å². The number of aliphatic hydroxyl groups excluding tert-OH is 1. The van der Waals surface area contributed by atoms with E-state index in [9.17, 15) is 0 Å². The van der Waals surface area contributed by atoms with Crippen LogP contribution in [0.3, 0.4) is 0 Å². The van der Waals surface area contributed by atoms with Crippen LogP contribution in [-0.2, 0) is 6.42 Å². The molecule has 0 saturated heterocycles. The quantitative estimate of drug-likeness (QED) is 0.800. The zero-order valence-electron chi connectivity index (χ0n) is 13.9. The van der Waals surface area contributed by atoms with Gasteiger partial charge in [-0.15, -0.1) is 0 Å². The van der Waals surface area contributed by atoms with Crippen molar-refractivity contribution in [2.75, 3.05) is 11.9 Å². The summed E-state index contributed by atoms with van der Waals surface area (Å²) >= 11 is 0. The molecule has 0 aliphatic heterocycles. The van der Waals surface area contributed by atoms with Gasteiger partial charge < -0.3 is 10.4 Å². The van der Waals surface area contributed by atoms with Crippen molar-refractivity contribution in [3.63, 3.8) is 0 Å². The van der Waals surface area contributed by atoms with Gasteiger partial charge in [-0.2, -0.15) is 0 Å². The Bertz CT molecular complexity index is 416. The smallest absolute Gasteiger partial charge is 0.0471 e. The molecule has 1 fully saturated rings. The minimum atomic E-state index is 0.226. The first-order valence-corrected chi connectivity index (χ1v) is 8.51. The molecule has 2 N–H and O–H groups in total. The van der Waals surface area contributed by atoms with Gasteiger partial charge in [0.15, 0.2) is 0 Å². The molecule has 2 nitrogen and oxygen atoms in total. The van der Waals surface area contributed by atoms with Crippen molar-refractivity contribution in [2.24, 2.45) is 11.3 Å². The first-order chi connectivity index (χ1) is 10.0. The summed E-state index contributed by atoms with van der Waals surface area (Å²) in [5, 5.41) is 12.6. The van der Waals surface area contributed by atoms with Gasteiger partial charge in [0.25, 0.3) is 0 Å². The molecule has 0 radical (unpaired) electrons. The highest BCUT2D eigenvalue weighted by atomic mass is 16.2. The van der Waals surface area contributed by atoms with Crippen molar-refractivity contribution in [3.8, 4) is 0 Å². The second-order valence-electron chi connectivity index (χ2n) is 7.21. The third-order valence-electron chi connectivity index (χ3n) is 5.47. The van der Waals surface area contributed by atoms with E-state index >= 15 is 0 Å². The molecule has 21 heavy (non-hydrogen) atoms. The number of anilines is 1. The van der Waals surface area contributed by atoms with Crippen LogP contribution >= 0.6 is 0 Å². The normalized spacial score (nSPS) is 23.0. The summed E-state index contributed by atoms with van der Waals surface area (Å²) in [5.41, 5.74) is 2.92. The molecule has 0 atom stereocenters. The first-order valence-electron chi connectivity index (χ1n) is 8.51. The van der Waals surface area contributed by atoms with Gasteiger partial charge in [0.2, 0.25) is 0 Å². The third-order valence-corrected chi connectivity index (χ3v) is 5.47. The minimum Gasteiger partial charge on any atom is -0.396 e. The lowest BCUT2D eigenvalue weighted by Gasteiger charge is -2.39. The lowest BCUT2D eigenvalue weighted by Crippen LogP contribution is -2.32. The molecule has 0 spiro atoms. The Morgan fingerprint density at radius 3 is 2.24 bits per heavy atom. The maximum atomic E-state index is 8.95. The van der Waals surface area contributed by atoms with Crippen LogP contribution in [-0.4, -0.2) is 17.8 Å². The number of hydrogen-bond acceptors (Lipinski definition) is 2. The van der Waals surface area contributed by atoms with Crippen LogP contribution in [0.2, 0.25) is 0 Å². The fraction of sp³-hybridized carbons (Fsp3) is 0.684. The Morgan fingerprint density at radius 2 is 1.71 bits per heavy atom. The molecule has 118 valence electrons. The fourth-order valence-corrected chi connectivity index (χ4v) is 3.44. The van der Waals surface area contributed by atoms with Crippen molar-refractivity contribution in [1.29, 1.82) is 0 Å². The Labute approximate surface area is 130 Å². The van der Waals surface area contributed by atoms with Crippen molar-refractivity contribution in [2.45, 2.75) is 65.3 Å². The summed E-state index contributed by atoms with van der Waals surface area (Å²) in [6.07, 6.45) is 7.29. The highest BCUT2D eigenvalue weighted by Gasteiger charge is 2.31. The Morgan fingerprint density at radius 1 is 1.10 bits per heavy atom. The van der Waals surface area contributed by atoms with E-state index in [0.29, 0.717) is 11.5 Å². The van der Waals surface area contributed by atoms with E-state index in [0.717, 1.165) is 12.3 Å². The third kappa shape index (κ3) is 4.47. The van der Waals surface area contributed by atoms with Crippen LogP contribution in [0.1, 0.15) is 58.4 Å². The molecular formula is C19H31NO. The maximum Gasteiger partial charge on any atom is 0.0471 e. The van der Waals surface area contributed by atoms with Crippen LogP contribution in [0.5, 0.6) is 0 Å². The Balaban J connectivity index is 1.83. The highest BCUT2D eigenvalue weighted by Crippen LogP contribution is 2.40. The van der Waals surface area contributed by atoms with E-state index in [1.807, 2.05) is 0 Å². The molecule has 0 unspecified atom stereocenters. The van der Waals surface area contributed by atoms with Crippen LogP contribution in [0, 0.1) is 11.3 Å². The van der Waals surface area contributed by atoms with Gasteiger partial charge >= 0.3 is 0 Å². The summed E-state index contributed by atoms with van der Waals surface area (Å²) in [4.78, 5) is 0. The molecule has 2 rings (SSSR count).